The highest BCUT2D eigenvalue weighted by Gasteiger charge is 2.06. The van der Waals surface area contributed by atoms with Crippen LogP contribution in [0, 0.1) is 13.8 Å². The fraction of sp³-hybridized carbons (Fsp3) is 0.133. The van der Waals surface area contributed by atoms with Crippen LogP contribution in [0.1, 0.15) is 21.5 Å². The molecular formula is C15H14O2S. The van der Waals surface area contributed by atoms with E-state index in [1.807, 2.05) is 6.07 Å². The molecule has 2 rings (SSSR count). The van der Waals surface area contributed by atoms with Crippen LogP contribution in [0.4, 0.5) is 0 Å². The summed E-state index contributed by atoms with van der Waals surface area (Å²) in [4.78, 5) is 13.0. The maximum Gasteiger partial charge on any atom is 0.335 e. The molecule has 0 unspecified atom stereocenters. The minimum Gasteiger partial charge on any atom is -0.478 e. The predicted octanol–water partition coefficient (Wildman–Crippen LogP) is 4.15. The minimum atomic E-state index is -0.890. The second-order valence-electron chi connectivity index (χ2n) is 4.20. The van der Waals surface area contributed by atoms with Crippen LogP contribution in [-0.4, -0.2) is 11.1 Å². The number of hydrogen-bond acceptors (Lipinski definition) is 2. The Balaban J connectivity index is 2.31. The third-order valence-electron chi connectivity index (χ3n) is 2.65. The Bertz CT molecular complexity index is 591. The molecule has 1 N–H and O–H groups in total. The molecule has 0 aliphatic heterocycles. The van der Waals surface area contributed by atoms with Crippen molar-refractivity contribution in [3.8, 4) is 0 Å². The molecule has 2 aromatic rings. The number of carboxylic acid groups (broad SMARTS) is 1. The van der Waals surface area contributed by atoms with Gasteiger partial charge in [0.1, 0.15) is 0 Å². The summed E-state index contributed by atoms with van der Waals surface area (Å²) in [6.07, 6.45) is 0. The molecule has 0 atom stereocenters. The molecule has 3 heteroatoms. The molecular weight excluding hydrogens is 244 g/mol. The van der Waals surface area contributed by atoms with Crippen LogP contribution < -0.4 is 0 Å². The van der Waals surface area contributed by atoms with Gasteiger partial charge >= 0.3 is 5.97 Å². The van der Waals surface area contributed by atoms with Crippen molar-refractivity contribution in [2.24, 2.45) is 0 Å². The smallest absolute Gasteiger partial charge is 0.335 e. The number of rotatable bonds is 3. The molecule has 0 radical (unpaired) electrons. The number of benzene rings is 2. The van der Waals surface area contributed by atoms with Gasteiger partial charge in [0.2, 0.25) is 0 Å². The van der Waals surface area contributed by atoms with Crippen molar-refractivity contribution in [1.82, 2.24) is 0 Å². The van der Waals surface area contributed by atoms with Gasteiger partial charge in [0, 0.05) is 9.79 Å². The van der Waals surface area contributed by atoms with Gasteiger partial charge in [0.05, 0.1) is 5.56 Å². The number of aryl methyl sites for hydroxylation is 2. The summed E-state index contributed by atoms with van der Waals surface area (Å²) in [5, 5.41) is 8.96. The van der Waals surface area contributed by atoms with Gasteiger partial charge in [-0.3, -0.25) is 0 Å². The Morgan fingerprint density at radius 3 is 2.61 bits per heavy atom. The van der Waals surface area contributed by atoms with Crippen molar-refractivity contribution in [3.05, 3.63) is 59.2 Å². The second kappa shape index (κ2) is 5.27. The van der Waals surface area contributed by atoms with Crippen molar-refractivity contribution < 1.29 is 9.90 Å². The first-order valence-electron chi connectivity index (χ1n) is 5.65. The highest BCUT2D eigenvalue weighted by molar-refractivity contribution is 7.99. The van der Waals surface area contributed by atoms with Crippen molar-refractivity contribution in [2.75, 3.05) is 0 Å². The molecule has 0 spiro atoms. The lowest BCUT2D eigenvalue weighted by atomic mass is 10.2. The summed E-state index contributed by atoms with van der Waals surface area (Å²) in [5.41, 5.74) is 2.73. The van der Waals surface area contributed by atoms with E-state index in [9.17, 15) is 4.79 Å². The largest absolute Gasteiger partial charge is 0.478 e. The van der Waals surface area contributed by atoms with E-state index in [4.69, 9.17) is 5.11 Å². The van der Waals surface area contributed by atoms with Gasteiger partial charge in [-0.2, -0.15) is 0 Å². The fourth-order valence-electron chi connectivity index (χ4n) is 1.64. The molecule has 0 fully saturated rings. The van der Waals surface area contributed by atoms with Crippen molar-refractivity contribution >= 4 is 17.7 Å². The Labute approximate surface area is 111 Å². The van der Waals surface area contributed by atoms with E-state index in [1.54, 1.807) is 30.0 Å². The Morgan fingerprint density at radius 1 is 1.11 bits per heavy atom. The number of carboxylic acids is 1. The van der Waals surface area contributed by atoms with Crippen LogP contribution in [0.5, 0.6) is 0 Å². The zero-order valence-corrected chi connectivity index (χ0v) is 11.1. The van der Waals surface area contributed by atoms with Crippen molar-refractivity contribution in [2.45, 2.75) is 23.6 Å². The van der Waals surface area contributed by atoms with E-state index in [1.165, 1.54) is 11.1 Å². The van der Waals surface area contributed by atoms with Gasteiger partial charge in [-0.25, -0.2) is 4.79 Å². The molecule has 0 aromatic heterocycles. The molecule has 0 saturated carbocycles. The molecule has 0 heterocycles. The van der Waals surface area contributed by atoms with E-state index < -0.39 is 5.97 Å². The van der Waals surface area contributed by atoms with Gasteiger partial charge in [0.15, 0.2) is 0 Å². The first kappa shape index (κ1) is 12.7. The van der Waals surface area contributed by atoms with E-state index in [0.717, 1.165) is 9.79 Å². The highest BCUT2D eigenvalue weighted by atomic mass is 32.2. The Hall–Kier alpha value is -1.74. The summed E-state index contributed by atoms with van der Waals surface area (Å²) < 4.78 is 0. The number of aromatic carboxylic acids is 1. The summed E-state index contributed by atoms with van der Waals surface area (Å²) >= 11 is 1.60. The van der Waals surface area contributed by atoms with Crippen LogP contribution in [0.15, 0.2) is 52.3 Å². The molecule has 2 nitrogen and oxygen atoms in total. The van der Waals surface area contributed by atoms with Gasteiger partial charge in [-0.05, 0) is 49.2 Å². The molecule has 0 saturated heterocycles. The molecule has 0 bridgehead atoms. The lowest BCUT2D eigenvalue weighted by Crippen LogP contribution is -1.95. The maximum atomic E-state index is 10.9. The van der Waals surface area contributed by atoms with Gasteiger partial charge in [0.25, 0.3) is 0 Å². The second-order valence-corrected chi connectivity index (χ2v) is 5.32. The fourth-order valence-corrected chi connectivity index (χ4v) is 2.70. The van der Waals surface area contributed by atoms with E-state index >= 15 is 0 Å². The summed E-state index contributed by atoms with van der Waals surface area (Å²) in [6, 6.07) is 13.3. The SMILES string of the molecule is Cc1ccc(C)c(Sc2cccc(C(=O)O)c2)c1. The van der Waals surface area contributed by atoms with Gasteiger partial charge < -0.3 is 5.11 Å². The minimum absolute atomic E-state index is 0.324. The molecule has 0 aliphatic rings. The zero-order chi connectivity index (χ0) is 13.1. The van der Waals surface area contributed by atoms with E-state index in [0.29, 0.717) is 5.56 Å². The monoisotopic (exact) mass is 258 g/mol. The molecule has 92 valence electrons. The Morgan fingerprint density at radius 2 is 1.89 bits per heavy atom. The summed E-state index contributed by atoms with van der Waals surface area (Å²) in [6.45, 7) is 4.11. The maximum absolute atomic E-state index is 10.9. The topological polar surface area (TPSA) is 37.3 Å². The average molecular weight is 258 g/mol. The first-order chi connectivity index (χ1) is 8.56. The normalized spacial score (nSPS) is 10.3. The highest BCUT2D eigenvalue weighted by Crippen LogP contribution is 2.31. The first-order valence-corrected chi connectivity index (χ1v) is 6.46. The summed E-state index contributed by atoms with van der Waals surface area (Å²) in [5.74, 6) is -0.890. The lowest BCUT2D eigenvalue weighted by Gasteiger charge is -2.07. The third-order valence-corrected chi connectivity index (χ3v) is 3.80. The van der Waals surface area contributed by atoms with E-state index in [2.05, 4.69) is 32.0 Å². The third kappa shape index (κ3) is 2.93. The summed E-state index contributed by atoms with van der Waals surface area (Å²) in [7, 11) is 0. The van der Waals surface area contributed by atoms with E-state index in [-0.39, 0.29) is 0 Å². The molecule has 2 aromatic carbocycles. The van der Waals surface area contributed by atoms with Gasteiger partial charge in [-0.1, -0.05) is 30.0 Å². The molecule has 18 heavy (non-hydrogen) atoms. The predicted molar refractivity (Wildman–Crippen MR) is 73.4 cm³/mol. The van der Waals surface area contributed by atoms with Crippen molar-refractivity contribution in [3.63, 3.8) is 0 Å². The average Bonchev–Trinajstić information content (AvgIpc) is 2.34. The van der Waals surface area contributed by atoms with Crippen LogP contribution in [0.2, 0.25) is 0 Å². The quantitative estimate of drug-likeness (QED) is 0.898. The van der Waals surface area contributed by atoms with Crippen molar-refractivity contribution in [1.29, 1.82) is 0 Å². The lowest BCUT2D eigenvalue weighted by molar-refractivity contribution is 0.0696. The van der Waals surface area contributed by atoms with Crippen LogP contribution >= 0.6 is 11.8 Å². The number of carbonyl (C=O) groups is 1. The molecule has 0 aliphatic carbocycles. The van der Waals surface area contributed by atoms with Gasteiger partial charge in [-0.15, -0.1) is 0 Å². The standard InChI is InChI=1S/C15H14O2S/c1-10-6-7-11(2)14(8-10)18-13-5-3-4-12(9-13)15(16)17/h3-9H,1-2H3,(H,16,17). The van der Waals surface area contributed by atoms with Crippen LogP contribution in [-0.2, 0) is 0 Å². The zero-order valence-electron chi connectivity index (χ0n) is 10.3. The van der Waals surface area contributed by atoms with Crippen LogP contribution in [0.25, 0.3) is 0 Å². The van der Waals surface area contributed by atoms with Crippen LogP contribution in [0.3, 0.4) is 0 Å². The Kier molecular flexibility index (Phi) is 3.72. The molecule has 0 amide bonds. The number of hydrogen-bond donors (Lipinski definition) is 1.